The van der Waals surface area contributed by atoms with Gasteiger partial charge < -0.3 is 9.73 Å². The molecule has 1 aliphatic carbocycles. The van der Waals surface area contributed by atoms with Crippen molar-refractivity contribution in [3.05, 3.63) is 35.8 Å². The second-order valence-electron chi connectivity index (χ2n) is 6.77. The Kier molecular flexibility index (Phi) is 4.19. The number of aryl methyl sites for hydroxylation is 1. The lowest BCUT2D eigenvalue weighted by molar-refractivity contribution is 0.225. The van der Waals surface area contributed by atoms with Crippen LogP contribution in [0.1, 0.15) is 63.2 Å². The van der Waals surface area contributed by atoms with Gasteiger partial charge in [0.2, 0.25) is 0 Å². The zero-order chi connectivity index (χ0) is 14.0. The zero-order valence-electron chi connectivity index (χ0n) is 12.8. The van der Waals surface area contributed by atoms with Gasteiger partial charge >= 0.3 is 0 Å². The maximum Gasteiger partial charge on any atom is 0.109 e. The van der Waals surface area contributed by atoms with Crippen molar-refractivity contribution < 1.29 is 4.42 Å². The summed E-state index contributed by atoms with van der Waals surface area (Å²) in [6.45, 7) is 12.8. The van der Waals surface area contributed by atoms with E-state index in [9.17, 15) is 0 Å². The van der Waals surface area contributed by atoms with E-state index in [1.807, 2.05) is 13.0 Å². The lowest BCUT2D eigenvalue weighted by Crippen LogP contribution is -2.37. The van der Waals surface area contributed by atoms with Crippen LogP contribution in [0.2, 0.25) is 0 Å². The highest BCUT2D eigenvalue weighted by Crippen LogP contribution is 2.42. The molecule has 0 radical (unpaired) electrons. The molecule has 0 saturated carbocycles. The third-order valence-corrected chi connectivity index (χ3v) is 4.03. The van der Waals surface area contributed by atoms with E-state index in [0.717, 1.165) is 25.0 Å². The smallest absolute Gasteiger partial charge is 0.109 e. The molecule has 0 bridgehead atoms. The van der Waals surface area contributed by atoms with Gasteiger partial charge in [-0.25, -0.2) is 0 Å². The lowest BCUT2D eigenvalue weighted by atomic mass is 9.74. The van der Waals surface area contributed by atoms with Gasteiger partial charge in [0.25, 0.3) is 0 Å². The summed E-state index contributed by atoms with van der Waals surface area (Å²) in [6, 6.07) is 3.15. The van der Waals surface area contributed by atoms with Crippen molar-refractivity contribution in [2.75, 3.05) is 0 Å². The van der Waals surface area contributed by atoms with Crippen LogP contribution in [0.4, 0.5) is 0 Å². The average Bonchev–Trinajstić information content (AvgIpc) is 2.65. The van der Waals surface area contributed by atoms with Crippen molar-refractivity contribution >= 4 is 0 Å². The molecular formula is C17H27NO. The molecule has 106 valence electrons. The normalized spacial score (nSPS) is 22.8. The van der Waals surface area contributed by atoms with Gasteiger partial charge in [-0.15, -0.1) is 6.58 Å². The molecule has 0 saturated heterocycles. The van der Waals surface area contributed by atoms with Gasteiger partial charge in [0.1, 0.15) is 11.5 Å². The van der Waals surface area contributed by atoms with E-state index in [4.69, 9.17) is 4.42 Å². The van der Waals surface area contributed by atoms with Gasteiger partial charge in [-0.05, 0) is 44.6 Å². The van der Waals surface area contributed by atoms with Crippen LogP contribution in [0.15, 0.2) is 23.1 Å². The first-order valence-corrected chi connectivity index (χ1v) is 7.37. The number of fused-ring (bicyclic) bond motifs is 1. The quantitative estimate of drug-likeness (QED) is 0.787. The minimum Gasteiger partial charge on any atom is -0.466 e. The Morgan fingerprint density at radius 1 is 1.58 bits per heavy atom. The van der Waals surface area contributed by atoms with E-state index < -0.39 is 0 Å². The highest BCUT2D eigenvalue weighted by atomic mass is 16.3. The van der Waals surface area contributed by atoms with Crippen LogP contribution in [0.3, 0.4) is 0 Å². The monoisotopic (exact) mass is 261 g/mol. The minimum atomic E-state index is 0.313. The second kappa shape index (κ2) is 5.54. The van der Waals surface area contributed by atoms with E-state index in [1.165, 1.54) is 17.7 Å². The van der Waals surface area contributed by atoms with Gasteiger partial charge in [-0.3, -0.25) is 0 Å². The molecule has 0 fully saturated rings. The summed E-state index contributed by atoms with van der Waals surface area (Å²) >= 11 is 0. The highest BCUT2D eigenvalue weighted by molar-refractivity contribution is 5.29. The molecule has 2 nitrogen and oxygen atoms in total. The number of hydrogen-bond acceptors (Lipinski definition) is 2. The summed E-state index contributed by atoms with van der Waals surface area (Å²) < 4.78 is 5.88. The predicted octanol–water partition coefficient (Wildman–Crippen LogP) is 4.55. The van der Waals surface area contributed by atoms with Crippen molar-refractivity contribution in [2.45, 2.75) is 65.5 Å². The van der Waals surface area contributed by atoms with Gasteiger partial charge in [-0.1, -0.05) is 19.9 Å². The first kappa shape index (κ1) is 14.4. The number of furan rings is 1. The molecular weight excluding hydrogens is 234 g/mol. The first-order chi connectivity index (χ1) is 8.91. The van der Waals surface area contributed by atoms with E-state index in [2.05, 4.69) is 38.7 Å². The van der Waals surface area contributed by atoms with Gasteiger partial charge in [0, 0.05) is 24.1 Å². The molecule has 19 heavy (non-hydrogen) atoms. The Morgan fingerprint density at radius 3 is 3.00 bits per heavy atom. The fourth-order valence-corrected chi connectivity index (χ4v) is 3.13. The van der Waals surface area contributed by atoms with Crippen molar-refractivity contribution in [1.82, 2.24) is 5.32 Å². The average molecular weight is 261 g/mol. The number of allylic oxidation sites excluding steroid dienone is 1. The van der Waals surface area contributed by atoms with Crippen LogP contribution in [-0.4, -0.2) is 6.04 Å². The maximum atomic E-state index is 5.88. The third-order valence-electron chi connectivity index (χ3n) is 4.03. The number of nitrogens with one attached hydrogen (secondary N) is 1. The number of rotatable bonds is 5. The lowest BCUT2D eigenvalue weighted by Gasteiger charge is -2.36. The molecule has 1 aliphatic rings. The Balaban J connectivity index is 2.13. The largest absolute Gasteiger partial charge is 0.466 e. The summed E-state index contributed by atoms with van der Waals surface area (Å²) in [6.07, 6.45) is 6.44. The van der Waals surface area contributed by atoms with Crippen molar-refractivity contribution in [3.63, 3.8) is 0 Å². The minimum absolute atomic E-state index is 0.313. The van der Waals surface area contributed by atoms with E-state index in [0.29, 0.717) is 17.5 Å². The molecule has 0 aromatic carbocycles. The Labute approximate surface area is 117 Å². The Morgan fingerprint density at radius 2 is 2.32 bits per heavy atom. The molecule has 2 heteroatoms. The molecule has 0 aliphatic heterocycles. The Hall–Kier alpha value is -1.02. The molecule has 0 spiro atoms. The van der Waals surface area contributed by atoms with Crippen LogP contribution in [-0.2, 0) is 6.42 Å². The molecule has 1 aromatic rings. The van der Waals surface area contributed by atoms with E-state index in [-0.39, 0.29) is 0 Å². The molecule has 2 unspecified atom stereocenters. The number of hydrogen-bond donors (Lipinski definition) is 1. The molecule has 1 aromatic heterocycles. The van der Waals surface area contributed by atoms with E-state index >= 15 is 0 Å². The van der Waals surface area contributed by atoms with Crippen LogP contribution in [0, 0.1) is 12.3 Å². The fourth-order valence-electron chi connectivity index (χ4n) is 3.13. The molecule has 1 heterocycles. The summed E-state index contributed by atoms with van der Waals surface area (Å²) in [5.41, 5.74) is 1.69. The van der Waals surface area contributed by atoms with Gasteiger partial charge in [-0.2, -0.15) is 0 Å². The third kappa shape index (κ3) is 3.50. The molecule has 2 atom stereocenters. The topological polar surface area (TPSA) is 25.2 Å². The maximum absolute atomic E-state index is 5.88. The SMILES string of the molecule is C=CCCC(C)NC1CC(C)(C)Cc2oc(C)cc21. The van der Waals surface area contributed by atoms with Gasteiger partial charge in [0.05, 0.1) is 0 Å². The van der Waals surface area contributed by atoms with Crippen LogP contribution < -0.4 is 5.32 Å². The zero-order valence-corrected chi connectivity index (χ0v) is 12.8. The van der Waals surface area contributed by atoms with Crippen molar-refractivity contribution in [1.29, 1.82) is 0 Å². The molecule has 0 amide bonds. The summed E-state index contributed by atoms with van der Waals surface area (Å²) in [5.74, 6) is 2.22. The summed E-state index contributed by atoms with van der Waals surface area (Å²) in [4.78, 5) is 0. The van der Waals surface area contributed by atoms with Crippen LogP contribution in [0.25, 0.3) is 0 Å². The fraction of sp³-hybridized carbons (Fsp3) is 0.647. The summed E-state index contributed by atoms with van der Waals surface area (Å²) in [7, 11) is 0. The second-order valence-corrected chi connectivity index (χ2v) is 6.77. The van der Waals surface area contributed by atoms with Crippen molar-refractivity contribution in [2.24, 2.45) is 5.41 Å². The molecule has 2 rings (SSSR count). The summed E-state index contributed by atoms with van der Waals surface area (Å²) in [5, 5.41) is 3.77. The van der Waals surface area contributed by atoms with Crippen molar-refractivity contribution in [3.8, 4) is 0 Å². The van der Waals surface area contributed by atoms with E-state index in [1.54, 1.807) is 0 Å². The van der Waals surface area contributed by atoms with Gasteiger partial charge in [0.15, 0.2) is 0 Å². The first-order valence-electron chi connectivity index (χ1n) is 7.37. The standard InChI is InChI=1S/C17H27NO/c1-6-7-8-12(2)18-15-10-17(4,5)11-16-14(15)9-13(3)19-16/h6,9,12,15,18H,1,7-8,10-11H2,2-5H3. The van der Waals surface area contributed by atoms with Crippen LogP contribution >= 0.6 is 0 Å². The highest BCUT2D eigenvalue weighted by Gasteiger charge is 2.35. The Bertz CT molecular complexity index is 444. The predicted molar refractivity (Wildman–Crippen MR) is 80.3 cm³/mol. The van der Waals surface area contributed by atoms with Crippen LogP contribution in [0.5, 0.6) is 0 Å². The molecule has 1 N–H and O–H groups in total.